The third kappa shape index (κ3) is 5.07. The van der Waals surface area contributed by atoms with Gasteiger partial charge < -0.3 is 4.74 Å². The molecule has 0 saturated heterocycles. The first-order valence-corrected chi connectivity index (χ1v) is 5.84. The van der Waals surface area contributed by atoms with E-state index in [0.29, 0.717) is 4.47 Å². The first-order valence-electron chi connectivity index (χ1n) is 5.05. The standard InChI is InChI=1S/C11H11BrF3NO3/c1-16(18-2)10(17)7-3-8(12)5-9(4-7)19-6-11(13,14)15/h3-5H,6H2,1-2H3. The van der Waals surface area contributed by atoms with Gasteiger partial charge in [0.25, 0.3) is 5.91 Å². The summed E-state index contributed by atoms with van der Waals surface area (Å²) < 4.78 is 41.2. The number of amides is 1. The van der Waals surface area contributed by atoms with E-state index in [2.05, 4.69) is 20.7 Å². The number of carbonyl (C=O) groups is 1. The second-order valence-electron chi connectivity index (χ2n) is 3.56. The van der Waals surface area contributed by atoms with Gasteiger partial charge in [0, 0.05) is 17.1 Å². The van der Waals surface area contributed by atoms with E-state index in [1.165, 1.54) is 32.4 Å². The number of rotatable bonds is 4. The lowest BCUT2D eigenvalue weighted by Gasteiger charge is -2.15. The van der Waals surface area contributed by atoms with Crippen LogP contribution in [0.5, 0.6) is 5.75 Å². The molecule has 0 aliphatic carbocycles. The molecule has 0 heterocycles. The zero-order valence-corrected chi connectivity index (χ0v) is 11.7. The Labute approximate surface area is 116 Å². The van der Waals surface area contributed by atoms with Gasteiger partial charge in [-0.2, -0.15) is 13.2 Å². The fourth-order valence-corrected chi connectivity index (χ4v) is 1.67. The van der Waals surface area contributed by atoms with Crippen molar-refractivity contribution in [2.24, 2.45) is 0 Å². The minimum Gasteiger partial charge on any atom is -0.484 e. The Morgan fingerprint density at radius 3 is 2.53 bits per heavy atom. The van der Waals surface area contributed by atoms with Crippen molar-refractivity contribution in [1.29, 1.82) is 0 Å². The van der Waals surface area contributed by atoms with Crippen molar-refractivity contribution in [3.05, 3.63) is 28.2 Å². The molecule has 0 fully saturated rings. The van der Waals surface area contributed by atoms with Gasteiger partial charge >= 0.3 is 6.18 Å². The zero-order chi connectivity index (χ0) is 14.6. The third-order valence-electron chi connectivity index (χ3n) is 2.08. The van der Waals surface area contributed by atoms with Crippen molar-refractivity contribution in [2.75, 3.05) is 20.8 Å². The van der Waals surface area contributed by atoms with Crippen molar-refractivity contribution in [1.82, 2.24) is 5.06 Å². The summed E-state index contributed by atoms with van der Waals surface area (Å²) in [6.45, 7) is -1.42. The van der Waals surface area contributed by atoms with Crippen LogP contribution < -0.4 is 4.74 Å². The summed E-state index contributed by atoms with van der Waals surface area (Å²) in [5.74, 6) is -0.555. The van der Waals surface area contributed by atoms with Gasteiger partial charge in [-0.05, 0) is 18.2 Å². The SMILES string of the molecule is CON(C)C(=O)c1cc(Br)cc(OCC(F)(F)F)c1. The highest BCUT2D eigenvalue weighted by Gasteiger charge is 2.28. The van der Waals surface area contributed by atoms with E-state index >= 15 is 0 Å². The van der Waals surface area contributed by atoms with Crippen LogP contribution in [0.2, 0.25) is 0 Å². The Morgan fingerprint density at radius 2 is 2.00 bits per heavy atom. The third-order valence-corrected chi connectivity index (χ3v) is 2.54. The molecule has 1 aromatic rings. The quantitative estimate of drug-likeness (QED) is 0.790. The minimum atomic E-state index is -4.43. The average molecular weight is 342 g/mol. The van der Waals surface area contributed by atoms with Gasteiger partial charge in [0.15, 0.2) is 6.61 Å². The van der Waals surface area contributed by atoms with Crippen molar-refractivity contribution >= 4 is 21.8 Å². The van der Waals surface area contributed by atoms with E-state index in [4.69, 9.17) is 4.84 Å². The molecule has 0 aromatic heterocycles. The van der Waals surface area contributed by atoms with Gasteiger partial charge in [-0.3, -0.25) is 9.63 Å². The van der Waals surface area contributed by atoms with Gasteiger partial charge in [-0.25, -0.2) is 5.06 Å². The van der Waals surface area contributed by atoms with E-state index in [9.17, 15) is 18.0 Å². The second-order valence-corrected chi connectivity index (χ2v) is 4.48. The van der Waals surface area contributed by atoms with Gasteiger partial charge in [-0.1, -0.05) is 15.9 Å². The molecule has 1 amide bonds. The van der Waals surface area contributed by atoms with E-state index in [0.717, 1.165) is 5.06 Å². The van der Waals surface area contributed by atoms with Crippen LogP contribution in [0, 0.1) is 0 Å². The van der Waals surface area contributed by atoms with Crippen molar-refractivity contribution in [3.63, 3.8) is 0 Å². The molecular formula is C11H11BrF3NO3. The number of hydroxylamine groups is 2. The predicted octanol–water partition coefficient (Wildman–Crippen LogP) is 3.02. The normalized spacial score (nSPS) is 11.3. The molecule has 0 N–H and O–H groups in total. The maximum atomic E-state index is 12.1. The van der Waals surface area contributed by atoms with Gasteiger partial charge in [0.2, 0.25) is 0 Å². The monoisotopic (exact) mass is 341 g/mol. The van der Waals surface area contributed by atoms with Crippen LogP contribution >= 0.6 is 15.9 Å². The fourth-order valence-electron chi connectivity index (χ4n) is 1.20. The number of nitrogens with zero attached hydrogens (tertiary/aromatic N) is 1. The number of benzene rings is 1. The Morgan fingerprint density at radius 1 is 1.37 bits per heavy atom. The Balaban J connectivity index is 2.91. The molecule has 8 heteroatoms. The number of ether oxygens (including phenoxy) is 1. The van der Waals surface area contributed by atoms with Gasteiger partial charge in [0.05, 0.1) is 7.11 Å². The van der Waals surface area contributed by atoms with Gasteiger partial charge in [0.1, 0.15) is 5.75 Å². The molecule has 4 nitrogen and oxygen atoms in total. The van der Waals surface area contributed by atoms with Crippen LogP contribution in [0.25, 0.3) is 0 Å². The van der Waals surface area contributed by atoms with Crippen molar-refractivity contribution in [3.8, 4) is 5.75 Å². The minimum absolute atomic E-state index is 0.0560. The molecule has 0 aliphatic rings. The molecule has 19 heavy (non-hydrogen) atoms. The maximum Gasteiger partial charge on any atom is 0.422 e. The van der Waals surface area contributed by atoms with E-state index in [1.807, 2.05) is 0 Å². The molecule has 0 saturated carbocycles. The van der Waals surface area contributed by atoms with Crippen LogP contribution in [0.15, 0.2) is 22.7 Å². The molecule has 0 bridgehead atoms. The van der Waals surface area contributed by atoms with Crippen molar-refractivity contribution in [2.45, 2.75) is 6.18 Å². The van der Waals surface area contributed by atoms with E-state index in [-0.39, 0.29) is 11.3 Å². The maximum absolute atomic E-state index is 12.1. The Kier molecular flexibility index (Phi) is 5.19. The second kappa shape index (κ2) is 6.25. The highest BCUT2D eigenvalue weighted by atomic mass is 79.9. The predicted molar refractivity (Wildman–Crippen MR) is 64.8 cm³/mol. The number of hydrogen-bond acceptors (Lipinski definition) is 3. The first-order chi connectivity index (χ1) is 8.73. The number of alkyl halides is 3. The highest BCUT2D eigenvalue weighted by Crippen LogP contribution is 2.24. The molecule has 0 atom stereocenters. The summed E-state index contributed by atoms with van der Waals surface area (Å²) in [5.41, 5.74) is 0.149. The summed E-state index contributed by atoms with van der Waals surface area (Å²) in [6, 6.07) is 4.02. The molecule has 0 aliphatic heterocycles. The lowest BCUT2D eigenvalue weighted by Crippen LogP contribution is -2.25. The highest BCUT2D eigenvalue weighted by molar-refractivity contribution is 9.10. The fraction of sp³-hybridized carbons (Fsp3) is 0.364. The van der Waals surface area contributed by atoms with Gasteiger partial charge in [-0.15, -0.1) is 0 Å². The Bertz CT molecular complexity index is 465. The summed E-state index contributed by atoms with van der Waals surface area (Å²) in [5, 5.41) is 0.954. The molecule has 106 valence electrons. The zero-order valence-electron chi connectivity index (χ0n) is 10.1. The molecule has 0 unspecified atom stereocenters. The first kappa shape index (κ1) is 15.8. The van der Waals surface area contributed by atoms with Crippen LogP contribution in [-0.2, 0) is 4.84 Å². The molecule has 1 aromatic carbocycles. The summed E-state index contributed by atoms with van der Waals surface area (Å²) in [7, 11) is 2.69. The molecule has 0 spiro atoms. The van der Waals surface area contributed by atoms with Crippen LogP contribution in [0.3, 0.4) is 0 Å². The topological polar surface area (TPSA) is 38.8 Å². The summed E-state index contributed by atoms with van der Waals surface area (Å²) in [6.07, 6.45) is -4.43. The Hall–Kier alpha value is -1.28. The number of halogens is 4. The van der Waals surface area contributed by atoms with E-state index in [1.54, 1.807) is 0 Å². The lowest BCUT2D eigenvalue weighted by atomic mass is 10.2. The molecular weight excluding hydrogens is 331 g/mol. The smallest absolute Gasteiger partial charge is 0.422 e. The number of carbonyl (C=O) groups excluding carboxylic acids is 1. The summed E-state index contributed by atoms with van der Waals surface area (Å²) in [4.78, 5) is 16.5. The van der Waals surface area contributed by atoms with Crippen molar-refractivity contribution < 1.29 is 27.5 Å². The lowest BCUT2D eigenvalue weighted by molar-refractivity contribution is -0.153. The summed E-state index contributed by atoms with van der Waals surface area (Å²) >= 11 is 3.10. The molecule has 0 radical (unpaired) electrons. The number of hydrogen-bond donors (Lipinski definition) is 0. The van der Waals surface area contributed by atoms with E-state index < -0.39 is 18.7 Å². The van der Waals surface area contributed by atoms with Crippen LogP contribution in [0.1, 0.15) is 10.4 Å². The largest absolute Gasteiger partial charge is 0.484 e. The van der Waals surface area contributed by atoms with Crippen LogP contribution in [0.4, 0.5) is 13.2 Å². The van der Waals surface area contributed by atoms with Crippen LogP contribution in [-0.4, -0.2) is 37.9 Å². The molecule has 1 rings (SSSR count). The average Bonchev–Trinajstić information content (AvgIpc) is 2.33.